The summed E-state index contributed by atoms with van der Waals surface area (Å²) in [5, 5.41) is 0. The molecule has 1 aromatic heterocycles. The minimum Gasteiger partial charge on any atom is -0.326 e. The highest BCUT2D eigenvalue weighted by Crippen LogP contribution is 2.25. The van der Waals surface area contributed by atoms with Crippen LogP contribution in [0.4, 0.5) is 0 Å². The highest BCUT2D eigenvalue weighted by molar-refractivity contribution is 7.89. The van der Waals surface area contributed by atoms with Crippen molar-refractivity contribution in [3.63, 3.8) is 0 Å². The number of hydrogen-bond donors (Lipinski definition) is 1. The van der Waals surface area contributed by atoms with Crippen molar-refractivity contribution in [2.24, 2.45) is 19.8 Å². The molecule has 2 unspecified atom stereocenters. The van der Waals surface area contributed by atoms with Crippen molar-refractivity contribution >= 4 is 22.4 Å². The Balaban J connectivity index is 0.00000264. The van der Waals surface area contributed by atoms with Crippen LogP contribution in [0.15, 0.2) is 20.7 Å². The number of nitrogens with two attached hydrogens (primary N) is 1. The van der Waals surface area contributed by atoms with Crippen LogP contribution in [-0.4, -0.2) is 40.5 Å². The second-order valence-electron chi connectivity index (χ2n) is 5.79. The van der Waals surface area contributed by atoms with Crippen LogP contribution in [0.5, 0.6) is 0 Å². The van der Waals surface area contributed by atoms with Gasteiger partial charge in [0.15, 0.2) is 4.90 Å². The Morgan fingerprint density at radius 2 is 1.87 bits per heavy atom. The van der Waals surface area contributed by atoms with Gasteiger partial charge in [-0.05, 0) is 19.8 Å². The summed E-state index contributed by atoms with van der Waals surface area (Å²) >= 11 is 0. The van der Waals surface area contributed by atoms with E-state index in [1.165, 1.54) is 18.4 Å². The lowest BCUT2D eigenvalue weighted by molar-refractivity contribution is 0.227. The topological polar surface area (TPSA) is 107 Å². The maximum Gasteiger partial charge on any atom is 0.330 e. The molecule has 1 aliphatic rings. The van der Waals surface area contributed by atoms with Gasteiger partial charge in [0.05, 0.1) is 0 Å². The first-order chi connectivity index (χ1) is 10.2. The van der Waals surface area contributed by atoms with Gasteiger partial charge >= 0.3 is 5.69 Å². The van der Waals surface area contributed by atoms with Crippen molar-refractivity contribution in [1.29, 1.82) is 0 Å². The van der Waals surface area contributed by atoms with E-state index in [0.29, 0.717) is 13.0 Å². The summed E-state index contributed by atoms with van der Waals surface area (Å²) in [6, 6.07) is -0.660. The molecule has 23 heavy (non-hydrogen) atoms. The number of halogens is 1. The monoisotopic (exact) mass is 366 g/mol. The standard InChI is InChI=1S/C13H22N4O4S.ClH/c1-9(14)10-6-4-5-7-17(10)22(20,21)11-8-15(2)13(19)16(3)12(11)18;/h8-10H,4-7,14H2,1-3H3;1H. The SMILES string of the molecule is CC(N)C1CCCCN1S(=O)(=O)c1cn(C)c(=O)n(C)c1=O.Cl. The Morgan fingerprint density at radius 3 is 2.43 bits per heavy atom. The predicted octanol–water partition coefficient (Wildman–Crippen LogP) is -0.604. The van der Waals surface area contributed by atoms with Crippen molar-refractivity contribution < 1.29 is 8.42 Å². The molecule has 0 aliphatic carbocycles. The van der Waals surface area contributed by atoms with Gasteiger partial charge in [-0.3, -0.25) is 9.36 Å². The first-order valence-corrected chi connectivity index (χ1v) is 8.66. The fraction of sp³-hybridized carbons (Fsp3) is 0.692. The van der Waals surface area contributed by atoms with Crippen LogP contribution in [0.1, 0.15) is 26.2 Å². The van der Waals surface area contributed by atoms with Crippen molar-refractivity contribution in [2.45, 2.75) is 43.2 Å². The Hall–Kier alpha value is -1.16. The maximum absolute atomic E-state index is 12.9. The lowest BCUT2D eigenvalue weighted by Crippen LogP contribution is -2.53. The van der Waals surface area contributed by atoms with Crippen molar-refractivity contribution in [3.8, 4) is 0 Å². The van der Waals surface area contributed by atoms with Gasteiger partial charge in [0.25, 0.3) is 5.56 Å². The molecule has 2 N–H and O–H groups in total. The van der Waals surface area contributed by atoms with E-state index in [0.717, 1.165) is 28.2 Å². The van der Waals surface area contributed by atoms with Gasteiger partial charge in [-0.15, -0.1) is 12.4 Å². The molecule has 8 nitrogen and oxygen atoms in total. The Labute approximate surface area is 141 Å². The zero-order valence-corrected chi connectivity index (χ0v) is 15.1. The molecule has 2 rings (SSSR count). The average molecular weight is 367 g/mol. The van der Waals surface area contributed by atoms with Gasteiger partial charge in [0, 0.05) is 38.9 Å². The van der Waals surface area contributed by atoms with Crippen LogP contribution in [0.25, 0.3) is 0 Å². The van der Waals surface area contributed by atoms with Gasteiger partial charge in [-0.1, -0.05) is 6.42 Å². The van der Waals surface area contributed by atoms with Crippen LogP contribution in [0.2, 0.25) is 0 Å². The summed E-state index contributed by atoms with van der Waals surface area (Å²) in [6.45, 7) is 2.10. The van der Waals surface area contributed by atoms with E-state index in [1.54, 1.807) is 6.92 Å². The van der Waals surface area contributed by atoms with Crippen LogP contribution in [0, 0.1) is 0 Å². The van der Waals surface area contributed by atoms with E-state index in [4.69, 9.17) is 5.73 Å². The zero-order chi connectivity index (χ0) is 16.7. The first-order valence-electron chi connectivity index (χ1n) is 7.22. The van der Waals surface area contributed by atoms with E-state index in [9.17, 15) is 18.0 Å². The van der Waals surface area contributed by atoms with E-state index >= 15 is 0 Å². The number of aryl methyl sites for hydroxylation is 1. The Bertz CT molecular complexity index is 784. The fourth-order valence-electron chi connectivity index (χ4n) is 2.83. The Morgan fingerprint density at radius 1 is 1.26 bits per heavy atom. The van der Waals surface area contributed by atoms with Crippen LogP contribution in [0.3, 0.4) is 0 Å². The maximum atomic E-state index is 12.9. The number of hydrogen-bond acceptors (Lipinski definition) is 5. The molecule has 0 aromatic carbocycles. The normalized spacial score (nSPS) is 20.8. The van der Waals surface area contributed by atoms with Gasteiger partial charge in [-0.25, -0.2) is 13.2 Å². The number of nitrogens with zero attached hydrogens (tertiary/aromatic N) is 3. The van der Waals surface area contributed by atoms with Crippen molar-refractivity contribution in [3.05, 3.63) is 27.0 Å². The van der Waals surface area contributed by atoms with E-state index < -0.39 is 21.3 Å². The molecule has 2 heterocycles. The third-order valence-corrected chi connectivity index (χ3v) is 6.01. The molecular formula is C13H23ClN4O4S. The molecule has 1 aromatic rings. The molecule has 1 saturated heterocycles. The minimum atomic E-state index is -3.99. The summed E-state index contributed by atoms with van der Waals surface area (Å²) in [5.74, 6) is 0. The number of piperidine rings is 1. The summed E-state index contributed by atoms with van der Waals surface area (Å²) in [6.07, 6.45) is 3.40. The molecule has 1 fully saturated rings. The molecule has 0 bridgehead atoms. The molecule has 0 saturated carbocycles. The molecule has 132 valence electrons. The second-order valence-corrected chi connectivity index (χ2v) is 7.65. The van der Waals surface area contributed by atoms with E-state index in [2.05, 4.69) is 0 Å². The van der Waals surface area contributed by atoms with Crippen molar-refractivity contribution in [2.75, 3.05) is 6.54 Å². The lowest BCUT2D eigenvalue weighted by Gasteiger charge is -2.36. The smallest absolute Gasteiger partial charge is 0.326 e. The van der Waals surface area contributed by atoms with Gasteiger partial charge in [-0.2, -0.15) is 4.31 Å². The number of sulfonamides is 1. The number of rotatable bonds is 3. The lowest BCUT2D eigenvalue weighted by atomic mass is 10.00. The van der Waals surface area contributed by atoms with E-state index in [1.807, 2.05) is 0 Å². The molecule has 0 radical (unpaired) electrons. The van der Waals surface area contributed by atoms with Crippen LogP contribution < -0.4 is 17.0 Å². The van der Waals surface area contributed by atoms with Gasteiger partial charge in [0.1, 0.15) is 0 Å². The first kappa shape index (κ1) is 19.9. The molecule has 1 aliphatic heterocycles. The quantitative estimate of drug-likeness (QED) is 0.768. The molecule has 10 heteroatoms. The fourth-order valence-corrected chi connectivity index (χ4v) is 4.76. The minimum absolute atomic E-state index is 0. The van der Waals surface area contributed by atoms with Crippen LogP contribution >= 0.6 is 12.4 Å². The third kappa shape index (κ3) is 3.52. The molecular weight excluding hydrogens is 344 g/mol. The average Bonchev–Trinajstić information content (AvgIpc) is 2.48. The highest BCUT2D eigenvalue weighted by atomic mass is 35.5. The predicted molar refractivity (Wildman–Crippen MR) is 89.4 cm³/mol. The van der Waals surface area contributed by atoms with Crippen LogP contribution in [-0.2, 0) is 24.1 Å². The van der Waals surface area contributed by atoms with Gasteiger partial charge < -0.3 is 10.3 Å². The summed E-state index contributed by atoms with van der Waals surface area (Å²) < 4.78 is 29.0. The molecule has 0 spiro atoms. The van der Waals surface area contributed by atoms with Crippen molar-refractivity contribution in [1.82, 2.24) is 13.4 Å². The summed E-state index contributed by atoms with van der Waals surface area (Å²) in [4.78, 5) is 23.6. The number of aromatic nitrogens is 2. The van der Waals surface area contributed by atoms with Gasteiger partial charge in [0.2, 0.25) is 10.0 Å². The zero-order valence-electron chi connectivity index (χ0n) is 13.4. The Kier molecular flexibility index (Phi) is 6.19. The summed E-state index contributed by atoms with van der Waals surface area (Å²) in [7, 11) is -1.30. The molecule has 2 atom stereocenters. The second kappa shape index (κ2) is 7.16. The third-order valence-electron chi connectivity index (χ3n) is 4.11. The highest BCUT2D eigenvalue weighted by Gasteiger charge is 2.37. The summed E-state index contributed by atoms with van der Waals surface area (Å²) in [5.41, 5.74) is 4.54. The molecule has 0 amide bonds. The largest absolute Gasteiger partial charge is 0.330 e. The van der Waals surface area contributed by atoms with E-state index in [-0.39, 0.29) is 29.4 Å².